The zero-order chi connectivity index (χ0) is 28.1. The van der Waals surface area contributed by atoms with Gasteiger partial charge in [-0.3, -0.25) is 4.79 Å². The van der Waals surface area contributed by atoms with E-state index in [2.05, 4.69) is 39.2 Å². The number of methoxy groups -OCH3 is 1. The molecule has 10 heteroatoms. The number of carbonyl (C=O) groups is 1. The quantitative estimate of drug-likeness (QED) is 0.312. The summed E-state index contributed by atoms with van der Waals surface area (Å²) in [5.74, 6) is 0.861. The molecular formula is C30H38N8O2. The van der Waals surface area contributed by atoms with Gasteiger partial charge in [-0.05, 0) is 64.1 Å². The van der Waals surface area contributed by atoms with Crippen LogP contribution in [0.5, 0.6) is 5.75 Å². The zero-order valence-electron chi connectivity index (χ0n) is 23.5. The molecule has 2 aromatic carbocycles. The topological polar surface area (TPSA) is 114 Å². The van der Waals surface area contributed by atoms with E-state index >= 15 is 0 Å². The van der Waals surface area contributed by atoms with Crippen LogP contribution in [-0.4, -0.2) is 82.3 Å². The Morgan fingerprint density at radius 3 is 2.60 bits per heavy atom. The summed E-state index contributed by atoms with van der Waals surface area (Å²) in [6.07, 6.45) is 4.87. The number of benzene rings is 2. The van der Waals surface area contributed by atoms with Gasteiger partial charge in [0.2, 0.25) is 5.91 Å². The monoisotopic (exact) mass is 542 g/mol. The summed E-state index contributed by atoms with van der Waals surface area (Å²) >= 11 is 0. The number of ether oxygens (including phenoxy) is 1. The predicted octanol–water partition coefficient (Wildman–Crippen LogP) is 3.68. The highest BCUT2D eigenvalue weighted by Crippen LogP contribution is 2.35. The Morgan fingerprint density at radius 1 is 1.10 bits per heavy atom. The maximum atomic E-state index is 12.7. The van der Waals surface area contributed by atoms with Crippen molar-refractivity contribution in [3.8, 4) is 17.0 Å². The second-order valence-corrected chi connectivity index (χ2v) is 10.5. The highest BCUT2D eigenvalue weighted by molar-refractivity contribution is 5.99. The molecule has 2 aromatic heterocycles. The highest BCUT2D eigenvalue weighted by Gasteiger charge is 2.22. The molecule has 3 N–H and O–H groups in total. The first-order chi connectivity index (χ1) is 19.4. The van der Waals surface area contributed by atoms with Crippen molar-refractivity contribution in [2.45, 2.75) is 38.3 Å². The fourth-order valence-corrected chi connectivity index (χ4v) is 5.34. The number of nitrogens with two attached hydrogens (primary N) is 1. The van der Waals surface area contributed by atoms with Gasteiger partial charge in [-0.1, -0.05) is 36.4 Å². The number of hydrogen-bond donors (Lipinski definition) is 2. The van der Waals surface area contributed by atoms with Gasteiger partial charge in [-0.15, -0.1) is 0 Å². The molecule has 0 spiro atoms. The van der Waals surface area contributed by atoms with Gasteiger partial charge in [0.15, 0.2) is 5.65 Å². The summed E-state index contributed by atoms with van der Waals surface area (Å²) in [7, 11) is 5.90. The van der Waals surface area contributed by atoms with E-state index in [0.29, 0.717) is 54.0 Å². The van der Waals surface area contributed by atoms with E-state index in [-0.39, 0.29) is 5.91 Å². The molecule has 1 aliphatic rings. The van der Waals surface area contributed by atoms with Crippen molar-refractivity contribution in [2.24, 2.45) is 0 Å². The molecule has 210 valence electrons. The Balaban J connectivity index is 1.33. The molecule has 0 bridgehead atoms. The fourth-order valence-electron chi connectivity index (χ4n) is 5.34. The Bertz CT molecular complexity index is 1450. The fraction of sp³-hybridized carbons (Fsp3) is 0.400. The molecule has 1 fully saturated rings. The zero-order valence-corrected chi connectivity index (χ0v) is 23.5. The van der Waals surface area contributed by atoms with Crippen LogP contribution >= 0.6 is 0 Å². The van der Waals surface area contributed by atoms with Crippen molar-refractivity contribution >= 4 is 28.4 Å². The first-order valence-corrected chi connectivity index (χ1v) is 13.8. The molecular weight excluding hydrogens is 504 g/mol. The maximum Gasteiger partial charge on any atom is 0.224 e. The number of hydrogen-bond acceptors (Lipinski definition) is 8. The molecule has 1 saturated heterocycles. The lowest BCUT2D eigenvalue weighted by atomic mass is 10.0. The lowest BCUT2D eigenvalue weighted by Crippen LogP contribution is -2.42. The number of piperidine rings is 1. The molecule has 0 saturated carbocycles. The summed E-state index contributed by atoms with van der Waals surface area (Å²) in [6.45, 7) is 3.73. The van der Waals surface area contributed by atoms with Crippen LogP contribution in [0.3, 0.4) is 0 Å². The molecule has 0 aliphatic carbocycles. The van der Waals surface area contributed by atoms with Gasteiger partial charge in [0.05, 0.1) is 24.7 Å². The first-order valence-electron chi connectivity index (χ1n) is 13.8. The smallest absolute Gasteiger partial charge is 0.224 e. The summed E-state index contributed by atoms with van der Waals surface area (Å²) in [4.78, 5) is 26.2. The Kier molecular flexibility index (Phi) is 8.57. The first kappa shape index (κ1) is 27.5. The summed E-state index contributed by atoms with van der Waals surface area (Å²) in [6, 6.07) is 16.2. The molecule has 0 atom stereocenters. The van der Waals surface area contributed by atoms with Crippen LogP contribution in [0.1, 0.15) is 24.8 Å². The van der Waals surface area contributed by atoms with Crippen LogP contribution < -0.4 is 15.8 Å². The van der Waals surface area contributed by atoms with Crippen LogP contribution in [0.4, 0.5) is 11.5 Å². The summed E-state index contributed by atoms with van der Waals surface area (Å²) < 4.78 is 7.57. The van der Waals surface area contributed by atoms with Gasteiger partial charge in [0.25, 0.3) is 0 Å². The lowest BCUT2D eigenvalue weighted by Gasteiger charge is -2.35. The molecule has 3 heterocycles. The van der Waals surface area contributed by atoms with Crippen LogP contribution in [0.2, 0.25) is 0 Å². The number of carbonyl (C=O) groups excluding carboxylic acids is 1. The number of rotatable bonds is 10. The SMILES string of the molecule is COc1cc(-c2nn(CCN3CCC(N(C)C)CC3)c3ncnc(N)c23)ccc1NC(=O)CCc1ccccc1. The largest absolute Gasteiger partial charge is 0.495 e. The van der Waals surface area contributed by atoms with Crippen LogP contribution in [0, 0.1) is 0 Å². The normalized spacial score (nSPS) is 14.6. The second kappa shape index (κ2) is 12.4. The Hall–Kier alpha value is -4.02. The van der Waals surface area contributed by atoms with E-state index in [1.54, 1.807) is 7.11 Å². The van der Waals surface area contributed by atoms with E-state index in [1.165, 1.54) is 19.2 Å². The molecule has 0 radical (unpaired) electrons. The number of amides is 1. The Labute approximate surface area is 235 Å². The average Bonchev–Trinajstić information content (AvgIpc) is 3.36. The number of anilines is 2. The Morgan fingerprint density at radius 2 is 1.88 bits per heavy atom. The minimum atomic E-state index is -0.0723. The summed E-state index contributed by atoms with van der Waals surface area (Å²) in [5.41, 5.74) is 10.3. The van der Waals surface area contributed by atoms with Gasteiger partial charge in [0, 0.05) is 24.6 Å². The third-order valence-corrected chi connectivity index (χ3v) is 7.71. The number of likely N-dealkylation sites (tertiary alicyclic amines) is 1. The predicted molar refractivity (Wildman–Crippen MR) is 158 cm³/mol. The third-order valence-electron chi connectivity index (χ3n) is 7.71. The summed E-state index contributed by atoms with van der Waals surface area (Å²) in [5, 5.41) is 8.63. The van der Waals surface area contributed by atoms with Gasteiger partial charge in [-0.2, -0.15) is 5.10 Å². The van der Waals surface area contributed by atoms with Crippen LogP contribution in [0.15, 0.2) is 54.9 Å². The second-order valence-electron chi connectivity index (χ2n) is 10.5. The van der Waals surface area contributed by atoms with Gasteiger partial charge in [0.1, 0.15) is 23.6 Å². The van der Waals surface area contributed by atoms with Crippen molar-refractivity contribution < 1.29 is 9.53 Å². The van der Waals surface area contributed by atoms with Crippen molar-refractivity contribution in [3.05, 3.63) is 60.4 Å². The van der Waals surface area contributed by atoms with E-state index in [4.69, 9.17) is 15.6 Å². The number of nitrogens with zero attached hydrogens (tertiary/aromatic N) is 6. The van der Waals surface area contributed by atoms with E-state index in [1.807, 2.05) is 53.2 Å². The van der Waals surface area contributed by atoms with E-state index in [0.717, 1.165) is 36.1 Å². The minimum absolute atomic E-state index is 0.0723. The minimum Gasteiger partial charge on any atom is -0.495 e. The van der Waals surface area contributed by atoms with Crippen molar-refractivity contribution in [2.75, 3.05) is 51.9 Å². The number of aryl methyl sites for hydroxylation is 1. The van der Waals surface area contributed by atoms with Crippen molar-refractivity contribution in [1.82, 2.24) is 29.5 Å². The lowest BCUT2D eigenvalue weighted by molar-refractivity contribution is -0.116. The van der Waals surface area contributed by atoms with Gasteiger partial charge >= 0.3 is 0 Å². The highest BCUT2D eigenvalue weighted by atomic mass is 16.5. The molecule has 5 rings (SSSR count). The molecule has 0 unspecified atom stereocenters. The number of fused-ring (bicyclic) bond motifs is 1. The van der Waals surface area contributed by atoms with Crippen molar-refractivity contribution in [1.29, 1.82) is 0 Å². The van der Waals surface area contributed by atoms with Gasteiger partial charge in [-0.25, -0.2) is 14.6 Å². The third kappa shape index (κ3) is 6.24. The van der Waals surface area contributed by atoms with Gasteiger partial charge < -0.3 is 25.6 Å². The molecule has 40 heavy (non-hydrogen) atoms. The van der Waals surface area contributed by atoms with E-state index < -0.39 is 0 Å². The van der Waals surface area contributed by atoms with Crippen LogP contribution in [-0.2, 0) is 17.8 Å². The number of nitrogen functional groups attached to an aromatic ring is 1. The van der Waals surface area contributed by atoms with Crippen LogP contribution in [0.25, 0.3) is 22.3 Å². The van der Waals surface area contributed by atoms with E-state index in [9.17, 15) is 4.79 Å². The number of aromatic nitrogens is 4. The maximum absolute atomic E-state index is 12.7. The molecule has 4 aromatic rings. The standard InChI is InChI=1S/C30H38N8O2/c1-36(2)23-13-15-37(16-14-23)17-18-38-30-27(29(31)32-20-33-30)28(35-38)22-10-11-24(25(19-22)40-3)34-26(39)12-9-21-7-5-4-6-8-21/h4-8,10-11,19-20,23H,9,12-18H2,1-3H3,(H,34,39)(H2,31,32,33). The molecule has 10 nitrogen and oxygen atoms in total. The molecule has 1 aliphatic heterocycles. The molecule has 1 amide bonds. The van der Waals surface area contributed by atoms with Crippen molar-refractivity contribution in [3.63, 3.8) is 0 Å². The average molecular weight is 543 g/mol. The number of nitrogens with one attached hydrogen (secondary N) is 1.